The maximum Gasteiger partial charge on any atom is 0.122 e. The van der Waals surface area contributed by atoms with E-state index in [1.807, 2.05) is 12.1 Å². The average Bonchev–Trinajstić information content (AvgIpc) is 2.96. The molecule has 2 unspecified atom stereocenters. The van der Waals surface area contributed by atoms with E-state index in [1.54, 1.807) is 7.11 Å². The van der Waals surface area contributed by atoms with Gasteiger partial charge in [-0.15, -0.1) is 0 Å². The summed E-state index contributed by atoms with van der Waals surface area (Å²) in [6, 6.07) is 15.6. The van der Waals surface area contributed by atoms with E-state index in [-0.39, 0.29) is 0 Å². The van der Waals surface area contributed by atoms with Crippen molar-refractivity contribution in [2.24, 2.45) is 0 Å². The molecule has 3 heteroatoms. The number of fused-ring (bicyclic) bond motifs is 1. The molecule has 21 heavy (non-hydrogen) atoms. The smallest absolute Gasteiger partial charge is 0.122 e. The van der Waals surface area contributed by atoms with E-state index >= 15 is 0 Å². The molecule has 2 heterocycles. The van der Waals surface area contributed by atoms with Gasteiger partial charge in [-0.3, -0.25) is 0 Å². The lowest BCUT2D eigenvalue weighted by Crippen LogP contribution is -2.39. The maximum absolute atomic E-state index is 5.65. The van der Waals surface area contributed by atoms with Gasteiger partial charge in [0.05, 0.1) is 13.7 Å². The molecule has 108 valence electrons. The Balaban J connectivity index is 1.48. The first-order chi connectivity index (χ1) is 10.3. The molecule has 0 bridgehead atoms. The van der Waals surface area contributed by atoms with E-state index < -0.39 is 0 Å². The molecule has 0 aliphatic carbocycles. The minimum absolute atomic E-state index is 0.444. The quantitative estimate of drug-likeness (QED) is 0.935. The zero-order valence-electron chi connectivity index (χ0n) is 12.1. The maximum atomic E-state index is 5.65. The lowest BCUT2D eigenvalue weighted by molar-refractivity contribution is 0.272. The predicted octanol–water partition coefficient (Wildman–Crippen LogP) is 3.41. The summed E-state index contributed by atoms with van der Waals surface area (Å²) in [6.45, 7) is 0.820. The summed E-state index contributed by atoms with van der Waals surface area (Å²) in [5, 5.41) is 3.68. The Hall–Kier alpha value is -2.00. The van der Waals surface area contributed by atoms with Crippen LogP contribution in [-0.2, 0) is 6.42 Å². The fraction of sp³-hybridized carbons (Fsp3) is 0.333. The molecule has 0 saturated carbocycles. The molecule has 0 amide bonds. The zero-order chi connectivity index (χ0) is 14.2. The fourth-order valence-electron chi connectivity index (χ4n) is 3.31. The normalized spacial score (nSPS) is 23.1. The summed E-state index contributed by atoms with van der Waals surface area (Å²) in [6.07, 6.45) is 2.18. The largest absolute Gasteiger partial charge is 0.497 e. The van der Waals surface area contributed by atoms with Crippen LogP contribution in [0.2, 0.25) is 0 Å². The van der Waals surface area contributed by atoms with Crippen molar-refractivity contribution in [3.63, 3.8) is 0 Å². The summed E-state index contributed by atoms with van der Waals surface area (Å²) < 4.78 is 10.9. The van der Waals surface area contributed by atoms with Crippen LogP contribution in [0.15, 0.2) is 42.5 Å². The summed E-state index contributed by atoms with van der Waals surface area (Å²) in [7, 11) is 1.70. The summed E-state index contributed by atoms with van der Waals surface area (Å²) >= 11 is 0. The molecular weight excluding hydrogens is 262 g/mol. The second kappa shape index (κ2) is 5.08. The minimum Gasteiger partial charge on any atom is -0.497 e. The summed E-state index contributed by atoms with van der Waals surface area (Å²) in [5.41, 5.74) is 4.13. The van der Waals surface area contributed by atoms with E-state index in [2.05, 4.69) is 35.6 Å². The molecule has 1 saturated heterocycles. The van der Waals surface area contributed by atoms with Gasteiger partial charge in [0, 0.05) is 24.1 Å². The molecule has 2 atom stereocenters. The average molecular weight is 281 g/mol. The van der Waals surface area contributed by atoms with Gasteiger partial charge in [-0.1, -0.05) is 24.3 Å². The third-order valence-corrected chi connectivity index (χ3v) is 4.55. The number of methoxy groups -OCH3 is 1. The van der Waals surface area contributed by atoms with E-state index in [0.717, 1.165) is 30.9 Å². The van der Waals surface area contributed by atoms with Gasteiger partial charge in [-0.2, -0.15) is 0 Å². The first-order valence-electron chi connectivity index (χ1n) is 7.50. The standard InChI is InChI=1S/C18H19NO2/c1-20-13-7-5-12(6-8-13)16-11-17(19-16)14-3-2-4-18-15(14)9-10-21-18/h2-8,16-17,19H,9-11H2,1H3. The first kappa shape index (κ1) is 12.7. The van der Waals surface area contributed by atoms with Crippen LogP contribution in [0, 0.1) is 0 Å². The molecule has 2 aliphatic rings. The Labute approximate surface area is 124 Å². The molecule has 0 aromatic heterocycles. The molecule has 2 aliphatic heterocycles. The number of hydrogen-bond donors (Lipinski definition) is 1. The van der Waals surface area contributed by atoms with Gasteiger partial charge in [0.25, 0.3) is 0 Å². The van der Waals surface area contributed by atoms with Crippen LogP contribution >= 0.6 is 0 Å². The van der Waals surface area contributed by atoms with Gasteiger partial charge < -0.3 is 14.8 Å². The first-order valence-corrected chi connectivity index (χ1v) is 7.50. The summed E-state index contributed by atoms with van der Waals surface area (Å²) in [5.74, 6) is 1.98. The lowest BCUT2D eigenvalue weighted by atomic mass is 9.84. The highest BCUT2D eigenvalue weighted by molar-refractivity contribution is 5.45. The van der Waals surface area contributed by atoms with Gasteiger partial charge in [0.1, 0.15) is 11.5 Å². The van der Waals surface area contributed by atoms with Gasteiger partial charge >= 0.3 is 0 Å². The van der Waals surface area contributed by atoms with Crippen LogP contribution < -0.4 is 14.8 Å². The topological polar surface area (TPSA) is 30.5 Å². The molecule has 2 aromatic rings. The van der Waals surface area contributed by atoms with Crippen LogP contribution in [0.4, 0.5) is 0 Å². The van der Waals surface area contributed by atoms with Crippen molar-refractivity contribution < 1.29 is 9.47 Å². The van der Waals surface area contributed by atoms with Gasteiger partial charge in [-0.05, 0) is 35.7 Å². The van der Waals surface area contributed by atoms with Crippen molar-refractivity contribution in [2.45, 2.75) is 24.9 Å². The predicted molar refractivity (Wildman–Crippen MR) is 81.9 cm³/mol. The lowest BCUT2D eigenvalue weighted by Gasteiger charge is -2.38. The van der Waals surface area contributed by atoms with Crippen LogP contribution in [0.25, 0.3) is 0 Å². The van der Waals surface area contributed by atoms with Crippen LogP contribution in [-0.4, -0.2) is 13.7 Å². The molecule has 4 rings (SSSR count). The van der Waals surface area contributed by atoms with Gasteiger partial charge in [0.15, 0.2) is 0 Å². The Bertz CT molecular complexity index is 645. The van der Waals surface area contributed by atoms with Crippen molar-refractivity contribution in [3.05, 3.63) is 59.2 Å². The van der Waals surface area contributed by atoms with E-state index in [4.69, 9.17) is 9.47 Å². The third kappa shape index (κ3) is 2.18. The van der Waals surface area contributed by atoms with Gasteiger partial charge in [0.2, 0.25) is 0 Å². The van der Waals surface area contributed by atoms with Crippen molar-refractivity contribution in [2.75, 3.05) is 13.7 Å². The van der Waals surface area contributed by atoms with Crippen molar-refractivity contribution in [1.29, 1.82) is 0 Å². The Morgan fingerprint density at radius 2 is 1.90 bits per heavy atom. The third-order valence-electron chi connectivity index (χ3n) is 4.55. The second-order valence-corrected chi connectivity index (χ2v) is 5.70. The Morgan fingerprint density at radius 1 is 1.10 bits per heavy atom. The molecular formula is C18H19NO2. The van der Waals surface area contributed by atoms with Crippen LogP contribution in [0.5, 0.6) is 11.5 Å². The fourth-order valence-corrected chi connectivity index (χ4v) is 3.31. The minimum atomic E-state index is 0.444. The molecule has 3 nitrogen and oxygen atoms in total. The highest BCUT2D eigenvalue weighted by atomic mass is 16.5. The highest BCUT2D eigenvalue weighted by Gasteiger charge is 2.33. The monoisotopic (exact) mass is 281 g/mol. The van der Waals surface area contributed by atoms with Crippen molar-refractivity contribution >= 4 is 0 Å². The van der Waals surface area contributed by atoms with Gasteiger partial charge in [-0.25, -0.2) is 0 Å². The molecule has 0 spiro atoms. The molecule has 1 N–H and O–H groups in total. The van der Waals surface area contributed by atoms with Crippen molar-refractivity contribution in [3.8, 4) is 11.5 Å². The van der Waals surface area contributed by atoms with Crippen LogP contribution in [0.3, 0.4) is 0 Å². The van der Waals surface area contributed by atoms with Crippen LogP contribution in [0.1, 0.15) is 35.2 Å². The number of rotatable bonds is 3. The molecule has 2 aromatic carbocycles. The number of nitrogens with one attached hydrogen (secondary N) is 1. The van der Waals surface area contributed by atoms with E-state index in [0.29, 0.717) is 12.1 Å². The highest BCUT2D eigenvalue weighted by Crippen LogP contribution is 2.41. The number of ether oxygens (including phenoxy) is 2. The van der Waals surface area contributed by atoms with E-state index in [1.165, 1.54) is 16.7 Å². The van der Waals surface area contributed by atoms with Crippen molar-refractivity contribution in [1.82, 2.24) is 5.32 Å². The zero-order valence-corrected chi connectivity index (χ0v) is 12.1. The number of benzene rings is 2. The molecule has 1 fully saturated rings. The SMILES string of the molecule is COc1ccc(C2CC(c3cccc4c3CCO4)N2)cc1. The molecule has 0 radical (unpaired) electrons. The number of hydrogen-bond acceptors (Lipinski definition) is 3. The Kier molecular flexibility index (Phi) is 3.08. The van der Waals surface area contributed by atoms with E-state index in [9.17, 15) is 0 Å². The summed E-state index contributed by atoms with van der Waals surface area (Å²) in [4.78, 5) is 0. The second-order valence-electron chi connectivity index (χ2n) is 5.70. The Morgan fingerprint density at radius 3 is 2.67 bits per heavy atom.